The molecule has 0 fully saturated rings. The largest absolute Gasteiger partial charge is 0.328 e. The predicted octanol–water partition coefficient (Wildman–Crippen LogP) is 0.0878. The summed E-state index contributed by atoms with van der Waals surface area (Å²) in [6.07, 6.45) is 5.04. The van der Waals surface area contributed by atoms with Gasteiger partial charge in [-0.1, -0.05) is 0 Å². The summed E-state index contributed by atoms with van der Waals surface area (Å²) in [5.74, 6) is -1.10. The summed E-state index contributed by atoms with van der Waals surface area (Å²) >= 11 is 1.46. The first kappa shape index (κ1) is 14.0. The van der Waals surface area contributed by atoms with E-state index in [4.69, 9.17) is 0 Å². The van der Waals surface area contributed by atoms with E-state index in [1.54, 1.807) is 6.20 Å². The fraction of sp³-hybridized carbons (Fsp3) is 0.0769. The van der Waals surface area contributed by atoms with E-state index in [1.165, 1.54) is 29.7 Å². The number of imidazole rings is 1. The van der Waals surface area contributed by atoms with Crippen LogP contribution >= 0.6 is 11.3 Å². The van der Waals surface area contributed by atoms with Gasteiger partial charge in [-0.15, -0.1) is 11.3 Å². The number of carbonyl (C=O) groups excluding carboxylic acids is 2. The summed E-state index contributed by atoms with van der Waals surface area (Å²) in [4.78, 5) is 42.4. The number of fused-ring (bicyclic) bond motifs is 1. The van der Waals surface area contributed by atoms with Crippen molar-refractivity contribution in [3.63, 3.8) is 0 Å². The van der Waals surface area contributed by atoms with Crippen molar-refractivity contribution in [1.29, 1.82) is 0 Å². The van der Waals surface area contributed by atoms with Crippen LogP contribution < -0.4 is 16.4 Å². The first-order chi connectivity index (χ1) is 10.6. The van der Waals surface area contributed by atoms with Gasteiger partial charge in [-0.05, 0) is 12.1 Å². The molecule has 3 aromatic heterocycles. The molecule has 9 heteroatoms. The molecule has 0 saturated carbocycles. The van der Waals surface area contributed by atoms with Crippen molar-refractivity contribution in [2.24, 2.45) is 0 Å². The highest BCUT2D eigenvalue weighted by Crippen LogP contribution is 2.11. The third kappa shape index (κ3) is 2.88. The number of aromatic nitrogens is 3. The van der Waals surface area contributed by atoms with Crippen LogP contribution in [0.1, 0.15) is 16.1 Å². The van der Waals surface area contributed by atoms with Crippen LogP contribution in [0.2, 0.25) is 0 Å². The minimum Gasteiger partial charge on any atom is -0.328 e. The Morgan fingerprint density at radius 3 is 3.00 bits per heavy atom. The highest BCUT2D eigenvalue weighted by Gasteiger charge is 2.12. The van der Waals surface area contributed by atoms with E-state index in [1.807, 2.05) is 16.0 Å². The second-order valence-electron chi connectivity index (χ2n) is 4.42. The third-order valence-electron chi connectivity index (χ3n) is 2.86. The molecule has 3 heterocycles. The lowest BCUT2D eigenvalue weighted by Gasteiger charge is -2.05. The number of nitrogens with zero attached hydrogens (tertiary/aromatic N) is 2. The van der Waals surface area contributed by atoms with Crippen molar-refractivity contribution in [2.45, 2.75) is 6.42 Å². The van der Waals surface area contributed by atoms with E-state index < -0.39 is 17.4 Å². The fourth-order valence-corrected chi connectivity index (χ4v) is 2.58. The van der Waals surface area contributed by atoms with Crippen LogP contribution in [0.15, 0.2) is 40.9 Å². The van der Waals surface area contributed by atoms with Gasteiger partial charge in [0, 0.05) is 24.0 Å². The normalized spacial score (nSPS) is 10.5. The van der Waals surface area contributed by atoms with Gasteiger partial charge in [-0.25, -0.2) is 4.98 Å². The standard InChI is InChI=1S/C13H11N5O3S/c19-10(6-8-7-18-4-5-22-13(18)15-8)16-17-12(21)9-2-1-3-14-11(9)20/h1-5,7H,6H2,(H,14,20)(H,16,19)(H,17,21). The number of aromatic amines is 1. The zero-order chi connectivity index (χ0) is 15.5. The Morgan fingerprint density at radius 2 is 2.23 bits per heavy atom. The number of hydrogen-bond acceptors (Lipinski definition) is 5. The molecule has 112 valence electrons. The first-order valence-electron chi connectivity index (χ1n) is 6.31. The Labute approximate surface area is 127 Å². The maximum Gasteiger partial charge on any atom is 0.275 e. The Morgan fingerprint density at radius 1 is 1.36 bits per heavy atom. The van der Waals surface area contributed by atoms with Gasteiger partial charge in [0.1, 0.15) is 5.56 Å². The Hall–Kier alpha value is -2.94. The maximum absolute atomic E-state index is 11.8. The lowest BCUT2D eigenvalue weighted by molar-refractivity contribution is -0.121. The third-order valence-corrected chi connectivity index (χ3v) is 3.63. The number of nitrogens with one attached hydrogen (secondary N) is 3. The van der Waals surface area contributed by atoms with Crippen LogP contribution in [0.4, 0.5) is 0 Å². The van der Waals surface area contributed by atoms with E-state index in [-0.39, 0.29) is 12.0 Å². The molecule has 0 aliphatic carbocycles. The van der Waals surface area contributed by atoms with Crippen LogP contribution in [-0.2, 0) is 11.2 Å². The van der Waals surface area contributed by atoms with Crippen molar-refractivity contribution >= 4 is 28.1 Å². The van der Waals surface area contributed by atoms with Crippen LogP contribution in [0, 0.1) is 0 Å². The molecule has 3 aromatic rings. The molecule has 2 amide bonds. The molecule has 0 spiro atoms. The van der Waals surface area contributed by atoms with E-state index in [0.717, 1.165) is 4.96 Å². The van der Waals surface area contributed by atoms with Crippen molar-refractivity contribution < 1.29 is 9.59 Å². The average Bonchev–Trinajstić information content (AvgIpc) is 3.06. The zero-order valence-electron chi connectivity index (χ0n) is 11.2. The molecular formula is C13H11N5O3S. The van der Waals surface area contributed by atoms with Gasteiger partial charge < -0.3 is 4.98 Å². The van der Waals surface area contributed by atoms with Crippen LogP contribution in [-0.4, -0.2) is 26.2 Å². The SMILES string of the molecule is O=C(Cc1cn2ccsc2n1)NNC(=O)c1ccc[nH]c1=O. The van der Waals surface area contributed by atoms with E-state index >= 15 is 0 Å². The maximum atomic E-state index is 11.8. The summed E-state index contributed by atoms with van der Waals surface area (Å²) in [5, 5.41) is 1.89. The minimum atomic E-state index is -0.680. The summed E-state index contributed by atoms with van der Waals surface area (Å²) in [5.41, 5.74) is 4.44. The number of amides is 2. The number of pyridine rings is 1. The van der Waals surface area contributed by atoms with Gasteiger partial charge >= 0.3 is 0 Å². The molecule has 0 saturated heterocycles. The van der Waals surface area contributed by atoms with Crippen molar-refractivity contribution in [2.75, 3.05) is 0 Å². The number of hydrogen-bond donors (Lipinski definition) is 3. The summed E-state index contributed by atoms with van der Waals surface area (Å²) in [7, 11) is 0. The molecular weight excluding hydrogens is 306 g/mol. The lowest BCUT2D eigenvalue weighted by atomic mass is 10.3. The average molecular weight is 317 g/mol. The molecule has 0 aliphatic rings. The first-order valence-corrected chi connectivity index (χ1v) is 7.19. The topological polar surface area (TPSA) is 108 Å². The van der Waals surface area contributed by atoms with Gasteiger partial charge in [0.2, 0.25) is 5.91 Å². The zero-order valence-corrected chi connectivity index (χ0v) is 12.0. The van der Waals surface area contributed by atoms with Crippen LogP contribution in [0.3, 0.4) is 0 Å². The smallest absolute Gasteiger partial charge is 0.275 e. The Balaban J connectivity index is 1.58. The van der Waals surface area contributed by atoms with Crippen LogP contribution in [0.25, 0.3) is 4.96 Å². The van der Waals surface area contributed by atoms with Gasteiger partial charge in [0.15, 0.2) is 4.96 Å². The fourth-order valence-electron chi connectivity index (χ4n) is 1.86. The second-order valence-corrected chi connectivity index (χ2v) is 5.29. The number of hydrazine groups is 1. The molecule has 3 N–H and O–H groups in total. The Bertz CT molecular complexity index is 866. The molecule has 0 atom stereocenters. The minimum absolute atomic E-state index is 0.0276. The number of carbonyl (C=O) groups is 2. The van der Waals surface area contributed by atoms with Crippen LogP contribution in [0.5, 0.6) is 0 Å². The number of rotatable bonds is 3. The number of H-pyrrole nitrogens is 1. The summed E-state index contributed by atoms with van der Waals surface area (Å²) in [6.45, 7) is 0. The number of thiazole rings is 1. The molecule has 0 unspecified atom stereocenters. The van der Waals surface area contributed by atoms with E-state index in [9.17, 15) is 14.4 Å². The van der Waals surface area contributed by atoms with Crippen molar-refractivity contribution in [3.05, 3.63) is 57.7 Å². The van der Waals surface area contributed by atoms with Crippen molar-refractivity contribution in [1.82, 2.24) is 25.2 Å². The lowest BCUT2D eigenvalue weighted by Crippen LogP contribution is -2.44. The highest BCUT2D eigenvalue weighted by molar-refractivity contribution is 7.15. The monoisotopic (exact) mass is 317 g/mol. The predicted molar refractivity (Wildman–Crippen MR) is 79.4 cm³/mol. The van der Waals surface area contributed by atoms with Gasteiger partial charge in [-0.3, -0.25) is 29.6 Å². The molecule has 22 heavy (non-hydrogen) atoms. The van der Waals surface area contributed by atoms with Gasteiger partial charge in [0.05, 0.1) is 12.1 Å². The summed E-state index contributed by atoms with van der Waals surface area (Å²) < 4.78 is 1.81. The van der Waals surface area contributed by atoms with Gasteiger partial charge in [0.25, 0.3) is 11.5 Å². The highest BCUT2D eigenvalue weighted by atomic mass is 32.1. The van der Waals surface area contributed by atoms with Gasteiger partial charge in [-0.2, -0.15) is 0 Å². The van der Waals surface area contributed by atoms with E-state index in [2.05, 4.69) is 20.8 Å². The quantitative estimate of drug-likeness (QED) is 0.595. The Kier molecular flexibility index (Phi) is 3.71. The molecule has 0 radical (unpaired) electrons. The van der Waals surface area contributed by atoms with E-state index in [0.29, 0.717) is 5.69 Å². The van der Waals surface area contributed by atoms with Crippen molar-refractivity contribution in [3.8, 4) is 0 Å². The molecule has 8 nitrogen and oxygen atoms in total. The molecule has 0 aromatic carbocycles. The molecule has 0 bridgehead atoms. The molecule has 0 aliphatic heterocycles. The summed E-state index contributed by atoms with van der Waals surface area (Å²) in [6, 6.07) is 2.89. The molecule has 3 rings (SSSR count). The second kappa shape index (κ2) is 5.82.